The van der Waals surface area contributed by atoms with Crippen molar-refractivity contribution in [3.8, 4) is 0 Å². The summed E-state index contributed by atoms with van der Waals surface area (Å²) in [6.45, 7) is 4.26. The van der Waals surface area contributed by atoms with Gasteiger partial charge in [-0.2, -0.15) is 0 Å². The predicted molar refractivity (Wildman–Crippen MR) is 76.6 cm³/mol. The van der Waals surface area contributed by atoms with Crippen LogP contribution in [-0.2, 0) is 6.54 Å². The van der Waals surface area contributed by atoms with Gasteiger partial charge in [-0.05, 0) is 48.7 Å². The van der Waals surface area contributed by atoms with E-state index in [9.17, 15) is 9.50 Å². The van der Waals surface area contributed by atoms with Gasteiger partial charge in [0.05, 0.1) is 6.10 Å². The maximum atomic E-state index is 13.2. The van der Waals surface area contributed by atoms with E-state index in [1.54, 1.807) is 31.5 Å². The number of halogens is 1. The summed E-state index contributed by atoms with van der Waals surface area (Å²) >= 11 is 0. The van der Waals surface area contributed by atoms with E-state index in [2.05, 4.69) is 10.3 Å². The second-order valence-corrected chi connectivity index (χ2v) is 4.98. The van der Waals surface area contributed by atoms with Crippen molar-refractivity contribution < 1.29 is 9.50 Å². The Morgan fingerprint density at radius 3 is 2.60 bits per heavy atom. The van der Waals surface area contributed by atoms with Crippen LogP contribution in [0.4, 0.5) is 4.39 Å². The molecule has 0 saturated carbocycles. The molecule has 3 nitrogen and oxygen atoms in total. The Morgan fingerprint density at radius 1 is 1.25 bits per heavy atom. The molecule has 4 heteroatoms. The number of benzene rings is 1. The first kappa shape index (κ1) is 14.6. The molecular formula is C16H19FN2O. The number of aliphatic hydroxyl groups is 1. The fraction of sp³-hybridized carbons (Fsp3) is 0.312. The molecule has 106 valence electrons. The molecule has 0 saturated heterocycles. The van der Waals surface area contributed by atoms with E-state index in [0.29, 0.717) is 12.1 Å². The Kier molecular flexibility index (Phi) is 4.82. The van der Waals surface area contributed by atoms with Gasteiger partial charge in [-0.15, -0.1) is 0 Å². The summed E-state index contributed by atoms with van der Waals surface area (Å²) in [5.74, 6) is -0.252. The maximum absolute atomic E-state index is 13.2. The van der Waals surface area contributed by atoms with E-state index in [1.807, 2.05) is 19.1 Å². The van der Waals surface area contributed by atoms with Crippen molar-refractivity contribution in [2.24, 2.45) is 0 Å². The molecule has 2 aromatic rings. The lowest BCUT2D eigenvalue weighted by molar-refractivity contribution is 0.135. The van der Waals surface area contributed by atoms with Crippen molar-refractivity contribution in [1.29, 1.82) is 0 Å². The number of nitrogens with zero attached hydrogens (tertiary/aromatic N) is 1. The van der Waals surface area contributed by atoms with Crippen LogP contribution in [0.25, 0.3) is 0 Å². The summed E-state index contributed by atoms with van der Waals surface area (Å²) in [6.07, 6.45) is 2.80. The minimum Gasteiger partial charge on any atom is -0.387 e. The summed E-state index contributed by atoms with van der Waals surface area (Å²) < 4.78 is 13.2. The van der Waals surface area contributed by atoms with Crippen LogP contribution in [0.5, 0.6) is 0 Å². The standard InChI is InChI=1S/C16H19FN2O/c1-11-9-14(3-4-15(11)17)16(20)12(2)19-10-13-5-7-18-8-6-13/h3-9,12,16,19-20H,10H2,1-2H3. The molecule has 1 aromatic carbocycles. The average molecular weight is 274 g/mol. The van der Waals surface area contributed by atoms with Crippen molar-refractivity contribution >= 4 is 0 Å². The quantitative estimate of drug-likeness (QED) is 0.881. The van der Waals surface area contributed by atoms with Crippen LogP contribution in [0.2, 0.25) is 0 Å². The molecule has 2 unspecified atom stereocenters. The molecule has 2 N–H and O–H groups in total. The fourth-order valence-corrected chi connectivity index (χ4v) is 2.03. The number of rotatable bonds is 5. The van der Waals surface area contributed by atoms with E-state index in [1.165, 1.54) is 6.07 Å². The summed E-state index contributed by atoms with van der Waals surface area (Å²) in [5, 5.41) is 13.5. The SMILES string of the molecule is Cc1cc(C(O)C(C)NCc2ccncc2)ccc1F. The molecule has 2 atom stereocenters. The van der Waals surface area contributed by atoms with Crippen LogP contribution in [-0.4, -0.2) is 16.1 Å². The number of aromatic nitrogens is 1. The molecule has 0 aliphatic heterocycles. The first-order chi connectivity index (χ1) is 9.58. The summed E-state index contributed by atoms with van der Waals surface area (Å²) in [7, 11) is 0. The molecule has 1 aromatic heterocycles. The van der Waals surface area contributed by atoms with E-state index >= 15 is 0 Å². The Bertz CT molecular complexity index is 560. The summed E-state index contributed by atoms with van der Waals surface area (Å²) in [6, 6.07) is 8.42. The number of hydrogen-bond acceptors (Lipinski definition) is 3. The minimum atomic E-state index is -0.670. The third-order valence-corrected chi connectivity index (χ3v) is 3.37. The van der Waals surface area contributed by atoms with Gasteiger partial charge in [0.25, 0.3) is 0 Å². The van der Waals surface area contributed by atoms with Gasteiger partial charge in [0.15, 0.2) is 0 Å². The monoisotopic (exact) mass is 274 g/mol. The van der Waals surface area contributed by atoms with Crippen molar-refractivity contribution in [1.82, 2.24) is 10.3 Å². The van der Waals surface area contributed by atoms with Crippen LogP contribution in [0.1, 0.15) is 29.7 Å². The van der Waals surface area contributed by atoms with Gasteiger partial charge in [-0.3, -0.25) is 4.98 Å². The molecule has 0 bridgehead atoms. The Labute approximate surface area is 118 Å². The van der Waals surface area contributed by atoms with E-state index in [-0.39, 0.29) is 11.9 Å². The highest BCUT2D eigenvalue weighted by Crippen LogP contribution is 2.19. The topological polar surface area (TPSA) is 45.1 Å². The highest BCUT2D eigenvalue weighted by atomic mass is 19.1. The highest BCUT2D eigenvalue weighted by molar-refractivity contribution is 5.26. The van der Waals surface area contributed by atoms with Gasteiger partial charge < -0.3 is 10.4 Å². The average Bonchev–Trinajstić information content (AvgIpc) is 2.48. The molecule has 2 rings (SSSR count). The van der Waals surface area contributed by atoms with Crippen molar-refractivity contribution in [2.45, 2.75) is 32.5 Å². The number of pyridine rings is 1. The minimum absolute atomic E-state index is 0.131. The molecule has 0 radical (unpaired) electrons. The van der Waals surface area contributed by atoms with Crippen LogP contribution in [0.3, 0.4) is 0 Å². The third kappa shape index (κ3) is 3.62. The second kappa shape index (κ2) is 6.59. The van der Waals surface area contributed by atoms with Gasteiger partial charge in [-0.25, -0.2) is 4.39 Å². The molecule has 20 heavy (non-hydrogen) atoms. The van der Waals surface area contributed by atoms with Crippen molar-refractivity contribution in [3.05, 3.63) is 65.2 Å². The number of hydrogen-bond donors (Lipinski definition) is 2. The van der Waals surface area contributed by atoms with Gasteiger partial charge in [-0.1, -0.05) is 12.1 Å². The molecule has 0 fully saturated rings. The largest absolute Gasteiger partial charge is 0.387 e. The first-order valence-corrected chi connectivity index (χ1v) is 6.64. The normalized spacial score (nSPS) is 14.0. The van der Waals surface area contributed by atoms with Crippen LogP contribution < -0.4 is 5.32 Å². The van der Waals surface area contributed by atoms with Crippen LogP contribution in [0.15, 0.2) is 42.7 Å². The van der Waals surface area contributed by atoms with E-state index in [0.717, 1.165) is 11.1 Å². The lowest BCUT2D eigenvalue weighted by Gasteiger charge is -2.21. The van der Waals surface area contributed by atoms with Crippen LogP contribution in [0, 0.1) is 12.7 Å². The van der Waals surface area contributed by atoms with Gasteiger partial charge in [0, 0.05) is 25.0 Å². The van der Waals surface area contributed by atoms with Gasteiger partial charge >= 0.3 is 0 Å². The Balaban J connectivity index is 1.97. The fourth-order valence-electron chi connectivity index (χ4n) is 2.03. The van der Waals surface area contributed by atoms with Crippen LogP contribution >= 0.6 is 0 Å². The Morgan fingerprint density at radius 2 is 1.95 bits per heavy atom. The zero-order valence-corrected chi connectivity index (χ0v) is 11.7. The number of nitrogens with one attached hydrogen (secondary N) is 1. The lowest BCUT2D eigenvalue weighted by Crippen LogP contribution is -2.31. The third-order valence-electron chi connectivity index (χ3n) is 3.37. The Hall–Kier alpha value is -1.78. The van der Waals surface area contributed by atoms with E-state index < -0.39 is 6.10 Å². The van der Waals surface area contributed by atoms with Crippen molar-refractivity contribution in [3.63, 3.8) is 0 Å². The number of aryl methyl sites for hydroxylation is 1. The summed E-state index contributed by atoms with van der Waals surface area (Å²) in [5.41, 5.74) is 2.37. The molecule has 1 heterocycles. The zero-order chi connectivity index (χ0) is 14.5. The van der Waals surface area contributed by atoms with Gasteiger partial charge in [0.1, 0.15) is 5.82 Å². The van der Waals surface area contributed by atoms with Gasteiger partial charge in [0.2, 0.25) is 0 Å². The molecule has 0 aliphatic carbocycles. The molecular weight excluding hydrogens is 255 g/mol. The lowest BCUT2D eigenvalue weighted by atomic mass is 10.0. The molecule has 0 aliphatic rings. The summed E-state index contributed by atoms with van der Waals surface area (Å²) in [4.78, 5) is 3.96. The molecule has 0 spiro atoms. The smallest absolute Gasteiger partial charge is 0.126 e. The predicted octanol–water partition coefficient (Wildman–Crippen LogP) is 2.74. The molecule has 0 amide bonds. The zero-order valence-electron chi connectivity index (χ0n) is 11.7. The highest BCUT2D eigenvalue weighted by Gasteiger charge is 2.16. The number of aliphatic hydroxyl groups excluding tert-OH is 1. The first-order valence-electron chi connectivity index (χ1n) is 6.64. The van der Waals surface area contributed by atoms with Crippen molar-refractivity contribution in [2.75, 3.05) is 0 Å². The second-order valence-electron chi connectivity index (χ2n) is 4.98. The van der Waals surface area contributed by atoms with E-state index in [4.69, 9.17) is 0 Å². The maximum Gasteiger partial charge on any atom is 0.126 e.